The molecular weight excluding hydrogens is 387 g/mol. The summed E-state index contributed by atoms with van der Waals surface area (Å²) in [5.74, 6) is -0.393. The molecule has 0 fully saturated rings. The second kappa shape index (κ2) is 7.23. The summed E-state index contributed by atoms with van der Waals surface area (Å²) in [6, 6.07) is 15.3. The van der Waals surface area contributed by atoms with E-state index in [1.165, 1.54) is 0 Å². The first-order valence-electron chi connectivity index (χ1n) is 6.77. The van der Waals surface area contributed by atoms with Gasteiger partial charge in [0.25, 0.3) is 5.91 Å². The predicted octanol–water partition coefficient (Wildman–Crippen LogP) is 4.45. The van der Waals surface area contributed by atoms with Gasteiger partial charge in [-0.3, -0.25) is 4.79 Å². The molecule has 22 heavy (non-hydrogen) atoms. The van der Waals surface area contributed by atoms with Gasteiger partial charge in [-0.1, -0.05) is 30.3 Å². The molecule has 4 heteroatoms. The normalized spacial score (nSPS) is 10.9. The van der Waals surface area contributed by atoms with Crippen LogP contribution in [0, 0.1) is 28.7 Å². The molecule has 0 saturated heterocycles. The van der Waals surface area contributed by atoms with Gasteiger partial charge in [-0.05, 0) is 71.3 Å². The van der Waals surface area contributed by atoms with Crippen molar-refractivity contribution in [3.8, 4) is 6.07 Å². The van der Waals surface area contributed by atoms with Crippen molar-refractivity contribution in [3.63, 3.8) is 0 Å². The molecule has 0 radical (unpaired) electrons. The molecule has 2 aromatic rings. The summed E-state index contributed by atoms with van der Waals surface area (Å²) in [5.41, 5.74) is 3.77. The van der Waals surface area contributed by atoms with Crippen LogP contribution in [0.25, 0.3) is 6.08 Å². The fourth-order valence-electron chi connectivity index (χ4n) is 1.97. The topological polar surface area (TPSA) is 52.9 Å². The van der Waals surface area contributed by atoms with Gasteiger partial charge in [-0.15, -0.1) is 0 Å². The minimum atomic E-state index is -0.393. The lowest BCUT2D eigenvalue weighted by Crippen LogP contribution is -2.14. The van der Waals surface area contributed by atoms with Crippen LogP contribution in [-0.4, -0.2) is 5.91 Å². The van der Waals surface area contributed by atoms with Crippen molar-refractivity contribution in [2.75, 3.05) is 5.32 Å². The Morgan fingerprint density at radius 3 is 2.59 bits per heavy atom. The van der Waals surface area contributed by atoms with Gasteiger partial charge in [0.05, 0.1) is 0 Å². The quantitative estimate of drug-likeness (QED) is 0.469. The molecule has 0 spiro atoms. The third-order valence-corrected chi connectivity index (χ3v) is 4.41. The molecule has 0 aliphatic heterocycles. The van der Waals surface area contributed by atoms with Crippen LogP contribution in [0.3, 0.4) is 0 Å². The highest BCUT2D eigenvalue weighted by molar-refractivity contribution is 14.1. The number of nitriles is 1. The van der Waals surface area contributed by atoms with Crippen molar-refractivity contribution in [2.45, 2.75) is 13.8 Å². The molecule has 2 rings (SSSR count). The highest BCUT2D eigenvalue weighted by Gasteiger charge is 2.12. The highest BCUT2D eigenvalue weighted by atomic mass is 127. The van der Waals surface area contributed by atoms with E-state index in [1.54, 1.807) is 6.08 Å². The van der Waals surface area contributed by atoms with Crippen molar-refractivity contribution in [1.82, 2.24) is 0 Å². The molecule has 2 aromatic carbocycles. The van der Waals surface area contributed by atoms with E-state index in [0.29, 0.717) is 0 Å². The first-order valence-corrected chi connectivity index (χ1v) is 7.84. The van der Waals surface area contributed by atoms with Gasteiger partial charge in [0.1, 0.15) is 11.6 Å². The van der Waals surface area contributed by atoms with E-state index in [-0.39, 0.29) is 5.57 Å². The molecule has 0 aliphatic rings. The van der Waals surface area contributed by atoms with Crippen molar-refractivity contribution in [1.29, 1.82) is 5.26 Å². The third kappa shape index (κ3) is 3.74. The van der Waals surface area contributed by atoms with E-state index in [4.69, 9.17) is 0 Å². The number of anilines is 1. The molecule has 0 aliphatic carbocycles. The summed E-state index contributed by atoms with van der Waals surface area (Å²) in [7, 11) is 0. The monoisotopic (exact) mass is 402 g/mol. The number of rotatable bonds is 3. The van der Waals surface area contributed by atoms with Crippen molar-refractivity contribution >= 4 is 40.3 Å². The molecular formula is C18H15IN2O. The molecule has 0 bridgehead atoms. The highest BCUT2D eigenvalue weighted by Crippen LogP contribution is 2.20. The smallest absolute Gasteiger partial charge is 0.266 e. The predicted molar refractivity (Wildman–Crippen MR) is 97.3 cm³/mol. The van der Waals surface area contributed by atoms with Crippen LogP contribution in [0.2, 0.25) is 0 Å². The third-order valence-electron chi connectivity index (χ3n) is 3.42. The Morgan fingerprint density at radius 1 is 1.18 bits per heavy atom. The molecule has 1 amide bonds. The lowest BCUT2D eigenvalue weighted by atomic mass is 10.1. The number of hydrogen-bond acceptors (Lipinski definition) is 2. The lowest BCUT2D eigenvalue weighted by Gasteiger charge is -2.10. The van der Waals surface area contributed by atoms with Crippen molar-refractivity contribution < 1.29 is 4.79 Å². The van der Waals surface area contributed by atoms with Gasteiger partial charge in [0.2, 0.25) is 0 Å². The van der Waals surface area contributed by atoms with Gasteiger partial charge in [-0.2, -0.15) is 5.26 Å². The van der Waals surface area contributed by atoms with Gasteiger partial charge in [0, 0.05) is 9.26 Å². The number of halogens is 1. The maximum Gasteiger partial charge on any atom is 0.266 e. The summed E-state index contributed by atoms with van der Waals surface area (Å²) < 4.78 is 0.993. The van der Waals surface area contributed by atoms with Gasteiger partial charge in [-0.25, -0.2) is 0 Å². The average molecular weight is 402 g/mol. The van der Waals surface area contributed by atoms with Gasteiger partial charge in [0.15, 0.2) is 0 Å². The molecule has 0 unspecified atom stereocenters. The lowest BCUT2D eigenvalue weighted by molar-refractivity contribution is -0.112. The van der Waals surface area contributed by atoms with Crippen molar-refractivity contribution in [2.24, 2.45) is 0 Å². The fraction of sp³-hybridized carbons (Fsp3) is 0.111. The maximum absolute atomic E-state index is 12.3. The van der Waals surface area contributed by atoms with E-state index < -0.39 is 5.91 Å². The molecule has 3 nitrogen and oxygen atoms in total. The molecule has 0 atom stereocenters. The second-order valence-corrected chi connectivity index (χ2v) is 6.06. The minimum absolute atomic E-state index is 0.0880. The summed E-state index contributed by atoms with van der Waals surface area (Å²) in [5, 5.41) is 12.1. The van der Waals surface area contributed by atoms with Crippen LogP contribution in [-0.2, 0) is 4.79 Å². The zero-order valence-electron chi connectivity index (χ0n) is 12.4. The van der Waals surface area contributed by atoms with E-state index in [1.807, 2.05) is 62.4 Å². The summed E-state index contributed by atoms with van der Waals surface area (Å²) in [4.78, 5) is 12.3. The molecule has 0 saturated carbocycles. The molecule has 1 N–H and O–H groups in total. The van der Waals surface area contributed by atoms with E-state index in [0.717, 1.165) is 25.9 Å². The van der Waals surface area contributed by atoms with Crippen LogP contribution in [0.4, 0.5) is 5.69 Å². The van der Waals surface area contributed by atoms with Crippen LogP contribution >= 0.6 is 22.6 Å². The Morgan fingerprint density at radius 2 is 1.91 bits per heavy atom. The first-order chi connectivity index (χ1) is 10.5. The SMILES string of the molecule is Cc1cccc(NC(=O)/C(C#N)=C\c2ccccc2I)c1C. The van der Waals surface area contributed by atoms with Crippen LogP contribution in [0.5, 0.6) is 0 Å². The zero-order valence-corrected chi connectivity index (χ0v) is 14.5. The van der Waals surface area contributed by atoms with Gasteiger partial charge < -0.3 is 5.32 Å². The standard InChI is InChI=1S/C18H15IN2O/c1-12-6-5-9-17(13(12)2)21-18(22)15(11-20)10-14-7-3-4-8-16(14)19/h3-10H,1-2H3,(H,21,22)/b15-10-. The number of hydrogen-bond donors (Lipinski definition) is 1. The number of carbonyl (C=O) groups is 1. The van der Waals surface area contributed by atoms with E-state index >= 15 is 0 Å². The Kier molecular flexibility index (Phi) is 5.34. The number of carbonyl (C=O) groups excluding carboxylic acids is 1. The Bertz CT molecular complexity index is 788. The fourth-order valence-corrected chi connectivity index (χ4v) is 2.52. The largest absolute Gasteiger partial charge is 0.321 e. The zero-order chi connectivity index (χ0) is 16.1. The number of amides is 1. The molecule has 110 valence electrons. The Balaban J connectivity index is 2.29. The van der Waals surface area contributed by atoms with E-state index in [2.05, 4.69) is 27.9 Å². The van der Waals surface area contributed by atoms with E-state index in [9.17, 15) is 10.1 Å². The second-order valence-electron chi connectivity index (χ2n) is 4.89. The maximum atomic E-state index is 12.3. The summed E-state index contributed by atoms with van der Waals surface area (Å²) >= 11 is 2.18. The Labute approximate surface area is 143 Å². The van der Waals surface area contributed by atoms with Crippen LogP contribution < -0.4 is 5.32 Å². The van der Waals surface area contributed by atoms with Crippen molar-refractivity contribution in [3.05, 3.63) is 68.3 Å². The average Bonchev–Trinajstić information content (AvgIpc) is 2.51. The molecule has 0 heterocycles. The molecule has 0 aromatic heterocycles. The minimum Gasteiger partial charge on any atom is -0.321 e. The number of benzene rings is 2. The van der Waals surface area contributed by atoms with Crippen LogP contribution in [0.1, 0.15) is 16.7 Å². The number of nitrogens with zero attached hydrogens (tertiary/aromatic N) is 1. The van der Waals surface area contributed by atoms with Crippen LogP contribution in [0.15, 0.2) is 48.0 Å². The van der Waals surface area contributed by atoms with Gasteiger partial charge >= 0.3 is 0 Å². The summed E-state index contributed by atoms with van der Waals surface area (Å²) in [6.07, 6.45) is 1.61. The summed E-state index contributed by atoms with van der Waals surface area (Å²) in [6.45, 7) is 3.93. The number of aryl methyl sites for hydroxylation is 1. The first kappa shape index (κ1) is 16.2. The number of nitrogens with one attached hydrogen (secondary N) is 1. The Hall–Kier alpha value is -2.13.